The molecule has 190 valence electrons. The molecule has 0 saturated heterocycles. The Morgan fingerprint density at radius 2 is 1.53 bits per heavy atom. The van der Waals surface area contributed by atoms with E-state index in [0.717, 1.165) is 16.7 Å². The number of Topliss-reactive ketones (excluding diaryl/α,β-unsaturated/α-hetero) is 1. The molecule has 0 aliphatic rings. The Kier molecular flexibility index (Phi) is 10.2. The number of carbonyl (C=O) groups is 3. The van der Waals surface area contributed by atoms with Gasteiger partial charge in [0.25, 0.3) is 0 Å². The minimum atomic E-state index is -0.810. The monoisotopic (exact) mass is 489 g/mol. The highest BCUT2D eigenvalue weighted by molar-refractivity contribution is 5.92. The van der Waals surface area contributed by atoms with E-state index in [0.29, 0.717) is 12.8 Å². The summed E-state index contributed by atoms with van der Waals surface area (Å²) in [6.45, 7) is 7.00. The van der Waals surface area contributed by atoms with E-state index in [1.807, 2.05) is 75.4 Å². The fraction of sp³-hybridized carbons (Fsp3) is 0.357. The predicted octanol–water partition coefficient (Wildman–Crippen LogP) is 1.90. The molecule has 0 bridgehead atoms. The maximum absolute atomic E-state index is 12.6. The summed E-state index contributed by atoms with van der Waals surface area (Å²) in [5.41, 5.74) is 13.4. The van der Waals surface area contributed by atoms with Gasteiger partial charge < -0.3 is 22.1 Å². The highest BCUT2D eigenvalue weighted by Gasteiger charge is 2.25. The first-order valence-corrected chi connectivity index (χ1v) is 11.8. The summed E-state index contributed by atoms with van der Waals surface area (Å²) in [7, 11) is 0. The smallest absolute Gasteiger partial charge is 0.245 e. The van der Waals surface area contributed by atoms with Crippen molar-refractivity contribution in [3.8, 4) is 11.8 Å². The summed E-state index contributed by atoms with van der Waals surface area (Å²) in [6.07, 6.45) is 0.724. The van der Waals surface area contributed by atoms with Gasteiger partial charge in [-0.3, -0.25) is 14.4 Å². The molecule has 0 unspecified atom stereocenters. The first-order chi connectivity index (χ1) is 16.9. The molecule has 6 N–H and O–H groups in total. The molecule has 2 aromatic carbocycles. The van der Waals surface area contributed by atoms with Gasteiger partial charge in [-0.2, -0.15) is 0 Å². The molecular weight excluding hydrogens is 454 g/mol. The maximum Gasteiger partial charge on any atom is 0.245 e. The van der Waals surface area contributed by atoms with E-state index in [4.69, 9.17) is 11.5 Å². The zero-order chi connectivity index (χ0) is 26.7. The lowest BCUT2D eigenvalue weighted by atomic mass is 9.88. The Hall–Kier alpha value is -4.12. The van der Waals surface area contributed by atoms with Gasteiger partial charge in [-0.25, -0.2) is 4.99 Å². The highest BCUT2D eigenvalue weighted by Crippen LogP contribution is 2.22. The molecule has 0 saturated carbocycles. The van der Waals surface area contributed by atoms with Crippen molar-refractivity contribution in [2.45, 2.75) is 52.6 Å². The Bertz CT molecular complexity index is 1140. The van der Waals surface area contributed by atoms with Crippen molar-refractivity contribution in [1.29, 1.82) is 0 Å². The molecule has 0 fully saturated rings. The Morgan fingerprint density at radius 3 is 2.06 bits per heavy atom. The van der Waals surface area contributed by atoms with Crippen LogP contribution in [0.3, 0.4) is 0 Å². The fourth-order valence-corrected chi connectivity index (χ4v) is 3.41. The first-order valence-electron chi connectivity index (χ1n) is 11.8. The molecule has 0 heterocycles. The second-order valence-electron chi connectivity index (χ2n) is 9.80. The van der Waals surface area contributed by atoms with E-state index in [1.165, 1.54) is 6.92 Å². The number of amides is 2. The number of nitrogens with zero attached hydrogens (tertiary/aromatic N) is 1. The van der Waals surface area contributed by atoms with Crippen molar-refractivity contribution >= 4 is 23.6 Å². The van der Waals surface area contributed by atoms with Gasteiger partial charge >= 0.3 is 0 Å². The van der Waals surface area contributed by atoms with Crippen LogP contribution < -0.4 is 22.1 Å². The molecule has 0 aromatic heterocycles. The molecule has 2 aromatic rings. The molecule has 0 aliphatic carbocycles. The van der Waals surface area contributed by atoms with E-state index in [9.17, 15) is 14.4 Å². The number of guanidine groups is 1. The average Bonchev–Trinajstić information content (AvgIpc) is 2.80. The topological polar surface area (TPSA) is 140 Å². The summed E-state index contributed by atoms with van der Waals surface area (Å²) in [4.78, 5) is 41.2. The van der Waals surface area contributed by atoms with Gasteiger partial charge in [0.15, 0.2) is 11.7 Å². The number of aliphatic imine (C=N–C) groups is 1. The summed E-state index contributed by atoms with van der Waals surface area (Å²) in [5, 5.41) is 5.25. The Labute approximate surface area is 212 Å². The third kappa shape index (κ3) is 10.4. The van der Waals surface area contributed by atoms with E-state index < -0.39 is 23.9 Å². The van der Waals surface area contributed by atoms with E-state index in [1.54, 1.807) is 0 Å². The Morgan fingerprint density at radius 1 is 0.944 bits per heavy atom. The zero-order valence-electron chi connectivity index (χ0n) is 21.3. The molecular formula is C28H35N5O3. The van der Waals surface area contributed by atoms with Crippen molar-refractivity contribution in [1.82, 2.24) is 10.6 Å². The second-order valence-corrected chi connectivity index (χ2v) is 9.80. The van der Waals surface area contributed by atoms with Gasteiger partial charge in [0.05, 0.1) is 12.6 Å². The number of nitrogens with one attached hydrogen (secondary N) is 2. The van der Waals surface area contributed by atoms with E-state index in [2.05, 4.69) is 27.5 Å². The molecule has 2 amide bonds. The standard InChI is InChI=1S/C28H35N5O3/c1-19(34)23(16-22-14-12-21(13-15-22)11-10-20-8-6-5-7-9-20)32-25(35)18-31-26(36)24(33-27(29)30)17-28(2,3)4/h5-9,12-15,23-24H,16-18H2,1-4H3,(H,31,36)(H,32,35)(H4,29,30,33)/t23-,24+/m0/s1. The highest BCUT2D eigenvalue weighted by atomic mass is 16.2. The van der Waals surface area contributed by atoms with Crippen LogP contribution in [0.4, 0.5) is 0 Å². The largest absolute Gasteiger partial charge is 0.370 e. The molecule has 8 nitrogen and oxygen atoms in total. The van der Waals surface area contributed by atoms with E-state index >= 15 is 0 Å². The summed E-state index contributed by atoms with van der Waals surface area (Å²) < 4.78 is 0. The van der Waals surface area contributed by atoms with Gasteiger partial charge in [0.1, 0.15) is 6.04 Å². The van der Waals surface area contributed by atoms with Crippen LogP contribution in [0.2, 0.25) is 0 Å². The van der Waals surface area contributed by atoms with Crippen molar-refractivity contribution in [3.63, 3.8) is 0 Å². The summed E-state index contributed by atoms with van der Waals surface area (Å²) in [5.74, 6) is 4.89. The van der Waals surface area contributed by atoms with Crippen LogP contribution in [-0.4, -0.2) is 42.2 Å². The molecule has 0 spiro atoms. The van der Waals surface area contributed by atoms with Crippen LogP contribution in [0.1, 0.15) is 50.8 Å². The fourth-order valence-electron chi connectivity index (χ4n) is 3.41. The van der Waals surface area contributed by atoms with Crippen LogP contribution in [0.5, 0.6) is 0 Å². The van der Waals surface area contributed by atoms with Gasteiger partial charge in [-0.05, 0) is 55.0 Å². The normalized spacial score (nSPS) is 12.3. The van der Waals surface area contributed by atoms with Gasteiger partial charge in [-0.15, -0.1) is 0 Å². The lowest BCUT2D eigenvalue weighted by Crippen LogP contribution is -2.47. The lowest BCUT2D eigenvalue weighted by molar-refractivity contribution is -0.129. The first kappa shape index (κ1) is 28.1. The third-order valence-electron chi connectivity index (χ3n) is 5.18. The number of nitrogens with two attached hydrogens (primary N) is 2. The summed E-state index contributed by atoms with van der Waals surface area (Å²) >= 11 is 0. The van der Waals surface area contributed by atoms with Gasteiger partial charge in [0.2, 0.25) is 11.8 Å². The van der Waals surface area contributed by atoms with Crippen molar-refractivity contribution in [2.75, 3.05) is 6.54 Å². The van der Waals surface area contributed by atoms with Crippen molar-refractivity contribution < 1.29 is 14.4 Å². The molecule has 0 radical (unpaired) electrons. The SMILES string of the molecule is CC(=O)[C@H](Cc1ccc(C#Cc2ccccc2)cc1)NC(=O)CNC(=O)[C@@H](CC(C)(C)C)N=C(N)N. The van der Waals surface area contributed by atoms with E-state index in [-0.39, 0.29) is 23.7 Å². The van der Waals surface area contributed by atoms with Gasteiger partial charge in [-0.1, -0.05) is 62.9 Å². The average molecular weight is 490 g/mol. The van der Waals surface area contributed by atoms with Crippen molar-refractivity contribution in [3.05, 3.63) is 71.3 Å². The molecule has 36 heavy (non-hydrogen) atoms. The molecule has 2 rings (SSSR count). The van der Waals surface area contributed by atoms with Crippen LogP contribution in [0, 0.1) is 17.3 Å². The van der Waals surface area contributed by atoms with Crippen LogP contribution in [0.25, 0.3) is 0 Å². The van der Waals surface area contributed by atoms with Crippen LogP contribution in [0.15, 0.2) is 59.6 Å². The second kappa shape index (κ2) is 13.1. The number of ketones is 1. The number of hydrogen-bond donors (Lipinski definition) is 4. The third-order valence-corrected chi connectivity index (χ3v) is 5.18. The Balaban J connectivity index is 1.95. The minimum absolute atomic E-state index is 0.186. The molecule has 2 atom stereocenters. The predicted molar refractivity (Wildman–Crippen MR) is 142 cm³/mol. The lowest BCUT2D eigenvalue weighted by Gasteiger charge is -2.23. The molecule has 8 heteroatoms. The van der Waals surface area contributed by atoms with Crippen LogP contribution >= 0.6 is 0 Å². The number of benzene rings is 2. The van der Waals surface area contributed by atoms with Crippen LogP contribution in [-0.2, 0) is 20.8 Å². The molecule has 0 aliphatic heterocycles. The minimum Gasteiger partial charge on any atom is -0.370 e. The number of hydrogen-bond acceptors (Lipinski definition) is 4. The number of rotatable bonds is 9. The van der Waals surface area contributed by atoms with Crippen molar-refractivity contribution in [2.24, 2.45) is 21.9 Å². The van der Waals surface area contributed by atoms with Gasteiger partial charge in [0, 0.05) is 11.1 Å². The summed E-state index contributed by atoms with van der Waals surface area (Å²) in [6, 6.07) is 15.7. The maximum atomic E-state index is 12.6. The quantitative estimate of drug-likeness (QED) is 0.242. The zero-order valence-corrected chi connectivity index (χ0v) is 21.3. The number of carbonyl (C=O) groups excluding carboxylic acids is 3.